The van der Waals surface area contributed by atoms with Gasteiger partial charge < -0.3 is 5.32 Å². The van der Waals surface area contributed by atoms with Gasteiger partial charge in [0.25, 0.3) is 0 Å². The molecule has 2 aliphatic rings. The molecule has 1 saturated heterocycles. The molecule has 0 aromatic heterocycles. The van der Waals surface area contributed by atoms with Crippen LogP contribution in [0.25, 0.3) is 0 Å². The van der Waals surface area contributed by atoms with Crippen LogP contribution in [0.15, 0.2) is 0 Å². The van der Waals surface area contributed by atoms with Crippen LogP contribution in [0.3, 0.4) is 0 Å². The van der Waals surface area contributed by atoms with Gasteiger partial charge in [-0.1, -0.05) is 20.8 Å². The number of fused-ring (bicyclic) bond motifs is 2. The summed E-state index contributed by atoms with van der Waals surface area (Å²) in [6.45, 7) is 9.54. The molecular formula is C11H20N. The second kappa shape index (κ2) is 2.47. The van der Waals surface area contributed by atoms with Crippen molar-refractivity contribution in [1.82, 2.24) is 5.32 Å². The first kappa shape index (κ1) is 8.55. The molecular weight excluding hydrogens is 146 g/mol. The van der Waals surface area contributed by atoms with Crippen molar-refractivity contribution in [3.05, 3.63) is 6.42 Å². The standard InChI is InChI=1S/C11H20N/c1-10(2,3)11-5-4-9(6-11)7-12-8-11/h6,9,12H,4-5,7-8H2,1-3H3. The molecule has 2 bridgehead atoms. The molecule has 69 valence electrons. The molecule has 2 fully saturated rings. The Kier molecular flexibility index (Phi) is 1.76. The van der Waals surface area contributed by atoms with E-state index in [1.807, 2.05) is 0 Å². The Morgan fingerprint density at radius 1 is 1.42 bits per heavy atom. The van der Waals surface area contributed by atoms with Crippen molar-refractivity contribution >= 4 is 0 Å². The molecule has 1 heterocycles. The van der Waals surface area contributed by atoms with E-state index in [4.69, 9.17) is 0 Å². The summed E-state index contributed by atoms with van der Waals surface area (Å²) in [6, 6.07) is 0. The third-order valence-corrected chi connectivity index (χ3v) is 3.86. The van der Waals surface area contributed by atoms with E-state index in [0.717, 1.165) is 5.92 Å². The van der Waals surface area contributed by atoms with Crippen LogP contribution in [-0.2, 0) is 0 Å². The average molecular weight is 166 g/mol. The van der Waals surface area contributed by atoms with Gasteiger partial charge in [-0.15, -0.1) is 0 Å². The lowest BCUT2D eigenvalue weighted by atomic mass is 9.64. The molecule has 1 aliphatic carbocycles. The largest absolute Gasteiger partial charge is 0.316 e. The van der Waals surface area contributed by atoms with Crippen LogP contribution in [0, 0.1) is 23.2 Å². The molecule has 1 nitrogen and oxygen atoms in total. The van der Waals surface area contributed by atoms with Gasteiger partial charge in [0.2, 0.25) is 0 Å². The van der Waals surface area contributed by atoms with Gasteiger partial charge in [-0.2, -0.15) is 0 Å². The SMILES string of the molecule is CC(C)(C)C12[CH]C(CC1)CNC2. The molecule has 1 saturated carbocycles. The Hall–Kier alpha value is -0.0400. The van der Waals surface area contributed by atoms with E-state index in [1.54, 1.807) is 0 Å². The fraction of sp³-hybridized carbons (Fsp3) is 0.909. The van der Waals surface area contributed by atoms with Crippen molar-refractivity contribution in [2.45, 2.75) is 33.6 Å². The lowest BCUT2D eigenvalue weighted by Crippen LogP contribution is -2.47. The van der Waals surface area contributed by atoms with Gasteiger partial charge in [-0.05, 0) is 42.6 Å². The maximum atomic E-state index is 3.56. The van der Waals surface area contributed by atoms with Crippen LogP contribution >= 0.6 is 0 Å². The van der Waals surface area contributed by atoms with Gasteiger partial charge >= 0.3 is 0 Å². The Labute approximate surface area is 75.9 Å². The summed E-state index contributed by atoms with van der Waals surface area (Å²) in [4.78, 5) is 0. The van der Waals surface area contributed by atoms with Gasteiger partial charge in [0.1, 0.15) is 0 Å². The first-order valence-electron chi connectivity index (χ1n) is 5.10. The number of hydrogen-bond donors (Lipinski definition) is 1. The Morgan fingerprint density at radius 2 is 2.17 bits per heavy atom. The quantitative estimate of drug-likeness (QED) is 0.582. The summed E-state index contributed by atoms with van der Waals surface area (Å²) in [6.07, 6.45) is 5.43. The van der Waals surface area contributed by atoms with E-state index in [2.05, 4.69) is 32.5 Å². The molecule has 12 heavy (non-hydrogen) atoms. The first-order chi connectivity index (χ1) is 5.54. The maximum Gasteiger partial charge on any atom is 0.00158 e. The van der Waals surface area contributed by atoms with Crippen molar-refractivity contribution < 1.29 is 0 Å². The Morgan fingerprint density at radius 3 is 2.75 bits per heavy atom. The van der Waals surface area contributed by atoms with Gasteiger partial charge in [0.15, 0.2) is 0 Å². The third kappa shape index (κ3) is 1.10. The van der Waals surface area contributed by atoms with E-state index in [0.29, 0.717) is 10.8 Å². The van der Waals surface area contributed by atoms with E-state index in [1.165, 1.54) is 25.9 Å². The zero-order valence-corrected chi connectivity index (χ0v) is 8.48. The summed E-state index contributed by atoms with van der Waals surface area (Å²) in [5, 5.41) is 3.56. The highest BCUT2D eigenvalue weighted by Crippen LogP contribution is 2.53. The highest BCUT2D eigenvalue weighted by molar-refractivity contribution is 5.12. The molecule has 1 radical (unpaired) electrons. The molecule has 2 rings (SSSR count). The first-order valence-corrected chi connectivity index (χ1v) is 5.10. The fourth-order valence-corrected chi connectivity index (χ4v) is 2.74. The number of hydrogen-bond acceptors (Lipinski definition) is 1. The predicted molar refractivity (Wildman–Crippen MR) is 51.8 cm³/mol. The normalized spacial score (nSPS) is 41.8. The fourth-order valence-electron chi connectivity index (χ4n) is 2.74. The molecule has 0 amide bonds. The van der Waals surface area contributed by atoms with E-state index < -0.39 is 0 Å². The average Bonchev–Trinajstić information content (AvgIpc) is 2.27. The summed E-state index contributed by atoms with van der Waals surface area (Å²) >= 11 is 0. The zero-order chi connectivity index (χ0) is 8.82. The van der Waals surface area contributed by atoms with Crippen molar-refractivity contribution in [2.75, 3.05) is 13.1 Å². The smallest absolute Gasteiger partial charge is 0.00158 e. The minimum absolute atomic E-state index is 0.440. The topological polar surface area (TPSA) is 12.0 Å². The van der Waals surface area contributed by atoms with Crippen LogP contribution in [0.5, 0.6) is 0 Å². The van der Waals surface area contributed by atoms with Crippen molar-refractivity contribution in [3.63, 3.8) is 0 Å². The van der Waals surface area contributed by atoms with Gasteiger partial charge in [0, 0.05) is 6.54 Å². The molecule has 1 N–H and O–H groups in total. The molecule has 0 aromatic rings. The molecule has 2 atom stereocenters. The number of piperidine rings is 1. The van der Waals surface area contributed by atoms with Crippen LogP contribution < -0.4 is 5.32 Å². The molecule has 1 aliphatic heterocycles. The lowest BCUT2D eigenvalue weighted by molar-refractivity contribution is 0.120. The van der Waals surface area contributed by atoms with E-state index in [-0.39, 0.29) is 0 Å². The minimum Gasteiger partial charge on any atom is -0.316 e. The number of nitrogens with one attached hydrogen (secondary N) is 1. The summed E-state index contributed by atoms with van der Waals surface area (Å²) in [7, 11) is 0. The van der Waals surface area contributed by atoms with E-state index in [9.17, 15) is 0 Å². The highest BCUT2D eigenvalue weighted by atomic mass is 14.9. The second-order valence-electron chi connectivity index (χ2n) is 5.50. The molecule has 0 spiro atoms. The van der Waals surface area contributed by atoms with Crippen LogP contribution in [0.2, 0.25) is 0 Å². The van der Waals surface area contributed by atoms with Gasteiger partial charge in [-0.25, -0.2) is 0 Å². The maximum absolute atomic E-state index is 3.56. The minimum atomic E-state index is 0.440. The molecule has 2 unspecified atom stereocenters. The highest BCUT2D eigenvalue weighted by Gasteiger charge is 2.49. The summed E-state index contributed by atoms with van der Waals surface area (Å²) < 4.78 is 0. The zero-order valence-electron chi connectivity index (χ0n) is 8.48. The lowest BCUT2D eigenvalue weighted by Gasteiger charge is -2.44. The van der Waals surface area contributed by atoms with Crippen LogP contribution in [0.1, 0.15) is 33.6 Å². The second-order valence-corrected chi connectivity index (χ2v) is 5.50. The van der Waals surface area contributed by atoms with Crippen molar-refractivity contribution in [1.29, 1.82) is 0 Å². The third-order valence-electron chi connectivity index (χ3n) is 3.86. The van der Waals surface area contributed by atoms with Gasteiger partial charge in [-0.3, -0.25) is 0 Å². The van der Waals surface area contributed by atoms with E-state index >= 15 is 0 Å². The molecule has 1 heteroatoms. The van der Waals surface area contributed by atoms with Crippen LogP contribution in [-0.4, -0.2) is 13.1 Å². The molecule has 0 aromatic carbocycles. The monoisotopic (exact) mass is 166 g/mol. The summed E-state index contributed by atoms with van der Waals surface area (Å²) in [5.74, 6) is 0.859. The van der Waals surface area contributed by atoms with Crippen molar-refractivity contribution in [2.24, 2.45) is 16.7 Å². The Balaban J connectivity index is 2.21. The predicted octanol–water partition coefficient (Wildman–Crippen LogP) is 2.24. The van der Waals surface area contributed by atoms with Crippen molar-refractivity contribution in [3.8, 4) is 0 Å². The van der Waals surface area contributed by atoms with Crippen LogP contribution in [0.4, 0.5) is 0 Å². The Bertz CT molecular complexity index is 176. The number of rotatable bonds is 0. The van der Waals surface area contributed by atoms with Gasteiger partial charge in [0.05, 0.1) is 0 Å². The summed E-state index contributed by atoms with van der Waals surface area (Å²) in [5.41, 5.74) is 0.936.